The van der Waals surface area contributed by atoms with Crippen LogP contribution >= 0.6 is 23.2 Å². The van der Waals surface area contributed by atoms with Crippen molar-refractivity contribution in [3.8, 4) is 11.3 Å². The highest BCUT2D eigenvalue weighted by molar-refractivity contribution is 6.32. The number of nitrogens with one attached hydrogen (secondary N) is 4. The van der Waals surface area contributed by atoms with Crippen molar-refractivity contribution in [3.05, 3.63) is 69.6 Å². The maximum atomic E-state index is 13.0. The van der Waals surface area contributed by atoms with Gasteiger partial charge < -0.3 is 30.5 Å². The van der Waals surface area contributed by atoms with Crippen molar-refractivity contribution in [2.75, 3.05) is 32.2 Å². The molecule has 4 rings (SSSR count). The fourth-order valence-electron chi connectivity index (χ4n) is 4.64. The quantitative estimate of drug-likeness (QED) is 0.0395. The number of esters is 1. The molecule has 11 nitrogen and oxygen atoms in total. The summed E-state index contributed by atoms with van der Waals surface area (Å²) in [6.07, 6.45) is 7.96. The number of carbonyl (C=O) groups is 2. The lowest BCUT2D eigenvalue weighted by Gasteiger charge is -2.17. The molecule has 0 saturated carbocycles. The lowest BCUT2D eigenvalue weighted by Crippen LogP contribution is -2.27. The molecule has 0 radical (unpaired) electrons. The van der Waals surface area contributed by atoms with Gasteiger partial charge in [-0.25, -0.2) is 15.8 Å². The highest BCUT2D eigenvalue weighted by atomic mass is 35.5. The molecule has 2 bridgehead atoms. The fraction of sp³-hybridized carbons (Fsp3) is 0.333. The summed E-state index contributed by atoms with van der Waals surface area (Å²) in [5, 5.41) is 7.40. The van der Waals surface area contributed by atoms with Crippen LogP contribution in [0, 0.1) is 0 Å². The molecule has 1 amide bonds. The molecule has 1 atom stereocenters. The van der Waals surface area contributed by atoms with E-state index in [1.165, 1.54) is 12.4 Å². The Morgan fingerprint density at radius 2 is 2.02 bits per heavy atom. The lowest BCUT2D eigenvalue weighted by atomic mass is 10.0. The minimum absolute atomic E-state index is 0.132. The third-order valence-electron chi connectivity index (χ3n) is 6.73. The number of benzene rings is 2. The normalized spacial score (nSPS) is 15.3. The van der Waals surface area contributed by atoms with Gasteiger partial charge in [0.15, 0.2) is 0 Å². The minimum atomic E-state index is -0.390. The van der Waals surface area contributed by atoms with Gasteiger partial charge in [-0.1, -0.05) is 48.2 Å². The summed E-state index contributed by atoms with van der Waals surface area (Å²) in [6, 6.07) is 10.4. The molecule has 0 fully saturated rings. The van der Waals surface area contributed by atoms with Crippen molar-refractivity contribution in [3.63, 3.8) is 0 Å². The number of nitrogens with two attached hydrogens (primary N) is 1. The van der Waals surface area contributed by atoms with Gasteiger partial charge in [0.05, 0.1) is 24.8 Å². The second-order valence-electron chi connectivity index (χ2n) is 9.85. The molecule has 0 unspecified atom stereocenters. The number of halogens is 2. The first-order valence-electron chi connectivity index (χ1n) is 13.9. The largest absolute Gasteiger partial charge is 0.463 e. The van der Waals surface area contributed by atoms with E-state index in [1.807, 2.05) is 18.2 Å². The Labute approximate surface area is 260 Å². The molecule has 1 aliphatic heterocycles. The number of imidazole rings is 1. The van der Waals surface area contributed by atoms with Crippen molar-refractivity contribution in [1.82, 2.24) is 20.7 Å². The van der Waals surface area contributed by atoms with Gasteiger partial charge in [0, 0.05) is 41.6 Å². The molecule has 2 heterocycles. The summed E-state index contributed by atoms with van der Waals surface area (Å²) < 4.78 is 10.2. The van der Waals surface area contributed by atoms with Gasteiger partial charge in [0.2, 0.25) is 5.91 Å². The first kappa shape index (κ1) is 32.0. The van der Waals surface area contributed by atoms with Gasteiger partial charge in [0.25, 0.3) is 0 Å². The minimum Gasteiger partial charge on any atom is -0.463 e. The van der Waals surface area contributed by atoms with Crippen LogP contribution in [0.2, 0.25) is 10.2 Å². The fourth-order valence-corrected chi connectivity index (χ4v) is 5.06. The van der Waals surface area contributed by atoms with E-state index < -0.39 is 6.04 Å². The predicted molar refractivity (Wildman–Crippen MR) is 169 cm³/mol. The molecular formula is C30H35Cl2N7O4. The first-order chi connectivity index (χ1) is 20.9. The van der Waals surface area contributed by atoms with Crippen LogP contribution in [0.4, 0.5) is 11.4 Å². The number of fused-ring (bicyclic) bond motifs is 4. The summed E-state index contributed by atoms with van der Waals surface area (Å²) >= 11 is 12.8. The molecule has 0 spiro atoms. The maximum absolute atomic E-state index is 13.0. The maximum Gasteiger partial charge on any atom is 0.310 e. The van der Waals surface area contributed by atoms with Gasteiger partial charge in [-0.05, 0) is 48.7 Å². The number of aromatic amines is 1. The van der Waals surface area contributed by atoms with Crippen LogP contribution in [-0.2, 0) is 25.5 Å². The van der Waals surface area contributed by atoms with Crippen molar-refractivity contribution in [2.24, 2.45) is 10.8 Å². The van der Waals surface area contributed by atoms with E-state index in [9.17, 15) is 9.59 Å². The molecule has 2 aromatic carbocycles. The van der Waals surface area contributed by atoms with E-state index in [0.717, 1.165) is 42.6 Å². The summed E-state index contributed by atoms with van der Waals surface area (Å²) in [5.41, 5.74) is 6.57. The zero-order valence-electron chi connectivity index (χ0n) is 23.8. The topological polar surface area (TPSA) is 156 Å². The molecule has 43 heavy (non-hydrogen) atoms. The Hall–Kier alpha value is -3.90. The SMILES string of the molecule is COCCOC(=O)Cc1ccc2c(c1)NCCCCC[C@H](NC(=O)/C=C/c1cc(Cl)ccc1N=CNN)c1nc-2c(Cl)[nH]1. The van der Waals surface area contributed by atoms with Gasteiger partial charge in [0.1, 0.15) is 29.6 Å². The van der Waals surface area contributed by atoms with E-state index in [4.69, 9.17) is 43.5 Å². The molecular weight excluding hydrogens is 593 g/mol. The Morgan fingerprint density at radius 1 is 1.16 bits per heavy atom. The molecule has 228 valence electrons. The Bertz CT molecular complexity index is 1470. The molecule has 1 aromatic heterocycles. The first-order valence-corrected chi connectivity index (χ1v) is 14.7. The number of nitrogens with zero attached hydrogens (tertiary/aromatic N) is 2. The third kappa shape index (κ3) is 9.29. The number of carbonyl (C=O) groups excluding carboxylic acids is 2. The number of anilines is 1. The van der Waals surface area contributed by atoms with Crippen molar-refractivity contribution in [1.29, 1.82) is 0 Å². The average Bonchev–Trinajstić information content (AvgIpc) is 3.37. The Kier molecular flexibility index (Phi) is 12.0. The number of methoxy groups -OCH3 is 1. The van der Waals surface area contributed by atoms with Crippen molar-refractivity contribution < 1.29 is 19.1 Å². The van der Waals surface area contributed by atoms with Crippen LogP contribution < -0.4 is 21.9 Å². The van der Waals surface area contributed by atoms with Crippen molar-refractivity contribution in [2.45, 2.75) is 38.1 Å². The third-order valence-corrected chi connectivity index (χ3v) is 7.24. The zero-order chi connectivity index (χ0) is 30.6. The van der Waals surface area contributed by atoms with E-state index in [2.05, 4.69) is 26.0 Å². The number of ether oxygens (including phenoxy) is 2. The number of amides is 1. The van der Waals surface area contributed by atoms with E-state index in [0.29, 0.717) is 46.0 Å². The number of hydrogen-bond acceptors (Lipinski definition) is 8. The van der Waals surface area contributed by atoms with Gasteiger partial charge >= 0.3 is 5.97 Å². The van der Waals surface area contributed by atoms with Crippen LogP contribution in [0.25, 0.3) is 17.3 Å². The second-order valence-corrected chi connectivity index (χ2v) is 10.7. The van der Waals surface area contributed by atoms with Crippen LogP contribution in [0.15, 0.2) is 47.5 Å². The van der Waals surface area contributed by atoms with Gasteiger partial charge in [-0.2, -0.15) is 0 Å². The van der Waals surface area contributed by atoms with Crippen LogP contribution in [-0.4, -0.2) is 55.1 Å². The monoisotopic (exact) mass is 627 g/mol. The predicted octanol–water partition coefficient (Wildman–Crippen LogP) is 5.10. The molecule has 0 saturated heterocycles. The van der Waals surface area contributed by atoms with E-state index in [1.54, 1.807) is 31.4 Å². The number of aromatic nitrogens is 2. The number of aliphatic imine (C=N–C) groups is 1. The Morgan fingerprint density at radius 3 is 2.84 bits per heavy atom. The number of hydrogen-bond donors (Lipinski definition) is 5. The molecule has 6 N–H and O–H groups in total. The van der Waals surface area contributed by atoms with Crippen molar-refractivity contribution >= 4 is 58.9 Å². The standard InChI is InChI=1S/C30H35Cl2N7O4/c1-42-13-14-43-27(41)16-19-6-9-22-25(15-19)34-12-4-2-3-5-24(30-38-28(22)29(32)39-30)37-26(40)11-7-20-17-21(31)8-10-23(20)35-18-36-33/h6-11,15,17-18,24,34H,2-5,12-14,16,33H2,1H3,(H,35,36)(H,37,40)(H,38,39)/b11-7+/t24-/m0/s1. The van der Waals surface area contributed by atoms with Crippen LogP contribution in [0.5, 0.6) is 0 Å². The van der Waals surface area contributed by atoms with E-state index >= 15 is 0 Å². The van der Waals surface area contributed by atoms with Gasteiger partial charge in [-0.3, -0.25) is 9.59 Å². The summed E-state index contributed by atoms with van der Waals surface area (Å²) in [5.74, 6) is 5.22. The number of H-pyrrole nitrogens is 1. The van der Waals surface area contributed by atoms with E-state index in [-0.39, 0.29) is 24.9 Å². The van der Waals surface area contributed by atoms with Crippen LogP contribution in [0.3, 0.4) is 0 Å². The molecule has 1 aliphatic rings. The Balaban J connectivity index is 1.55. The van der Waals surface area contributed by atoms with Gasteiger partial charge in [-0.15, -0.1) is 0 Å². The summed E-state index contributed by atoms with van der Waals surface area (Å²) in [6.45, 7) is 1.29. The molecule has 13 heteroatoms. The summed E-state index contributed by atoms with van der Waals surface area (Å²) in [4.78, 5) is 37.5. The second kappa shape index (κ2) is 16.1. The highest BCUT2D eigenvalue weighted by Gasteiger charge is 2.22. The van der Waals surface area contributed by atoms with Crippen LogP contribution in [0.1, 0.15) is 48.7 Å². The summed E-state index contributed by atoms with van der Waals surface area (Å²) in [7, 11) is 1.56. The smallest absolute Gasteiger partial charge is 0.310 e. The number of rotatable bonds is 10. The average molecular weight is 629 g/mol. The number of hydrazine groups is 1. The zero-order valence-corrected chi connectivity index (χ0v) is 25.3. The molecule has 0 aliphatic carbocycles. The highest BCUT2D eigenvalue weighted by Crippen LogP contribution is 2.35. The lowest BCUT2D eigenvalue weighted by molar-refractivity contribution is -0.144. The molecule has 3 aromatic rings.